The van der Waals surface area contributed by atoms with E-state index >= 15 is 0 Å². The van der Waals surface area contributed by atoms with E-state index in [-0.39, 0.29) is 5.54 Å². The van der Waals surface area contributed by atoms with Gasteiger partial charge in [0, 0.05) is 37.1 Å². The quantitative estimate of drug-likeness (QED) is 0.939. The minimum atomic E-state index is 0.0743. The van der Waals surface area contributed by atoms with Gasteiger partial charge >= 0.3 is 0 Å². The summed E-state index contributed by atoms with van der Waals surface area (Å²) >= 11 is 6.36. The van der Waals surface area contributed by atoms with Gasteiger partial charge in [-0.25, -0.2) is 9.97 Å². The average Bonchev–Trinajstić information content (AvgIpc) is 2.83. The van der Waals surface area contributed by atoms with Gasteiger partial charge in [-0.3, -0.25) is 4.57 Å². The maximum absolute atomic E-state index is 6.36. The molecule has 2 rings (SSSR count). The normalized spacial score (nSPS) is 11.8. The molecule has 0 atom stereocenters. The van der Waals surface area contributed by atoms with Crippen molar-refractivity contribution in [2.45, 2.75) is 46.2 Å². The van der Waals surface area contributed by atoms with Gasteiger partial charge in [-0.05, 0) is 32.4 Å². The van der Waals surface area contributed by atoms with Gasteiger partial charge in [0.1, 0.15) is 5.82 Å². The minimum Gasteiger partial charge on any atom is -0.308 e. The number of nitrogens with one attached hydrogen (secondary N) is 1. The van der Waals surface area contributed by atoms with Crippen LogP contribution < -0.4 is 5.32 Å². The molecular formula is C15H21ClN4. The average molecular weight is 293 g/mol. The van der Waals surface area contributed by atoms with E-state index in [0.29, 0.717) is 5.02 Å². The molecule has 1 N–H and O–H groups in total. The van der Waals surface area contributed by atoms with Crippen LogP contribution in [0, 0.1) is 0 Å². The first kappa shape index (κ1) is 15.0. The van der Waals surface area contributed by atoms with Gasteiger partial charge in [-0.2, -0.15) is 0 Å². The Morgan fingerprint density at radius 3 is 2.65 bits per heavy atom. The molecular weight excluding hydrogens is 272 g/mol. The van der Waals surface area contributed by atoms with Crippen molar-refractivity contribution in [3.05, 3.63) is 41.1 Å². The van der Waals surface area contributed by atoms with Gasteiger partial charge in [-0.1, -0.05) is 18.5 Å². The zero-order valence-corrected chi connectivity index (χ0v) is 13.2. The van der Waals surface area contributed by atoms with Crippen molar-refractivity contribution < 1.29 is 0 Å². The van der Waals surface area contributed by atoms with Crippen molar-refractivity contribution in [2.75, 3.05) is 0 Å². The third-order valence-corrected chi connectivity index (χ3v) is 3.24. The Bertz CT molecular complexity index is 584. The zero-order valence-electron chi connectivity index (χ0n) is 12.4. The van der Waals surface area contributed by atoms with E-state index in [2.05, 4.69) is 43.0 Å². The largest absolute Gasteiger partial charge is 0.308 e. The summed E-state index contributed by atoms with van der Waals surface area (Å²) in [5, 5.41) is 4.07. The lowest BCUT2D eigenvalue weighted by Crippen LogP contribution is -2.35. The first-order chi connectivity index (χ1) is 9.40. The van der Waals surface area contributed by atoms with Crippen molar-refractivity contribution in [2.24, 2.45) is 0 Å². The van der Waals surface area contributed by atoms with Crippen LogP contribution in [-0.4, -0.2) is 20.1 Å². The predicted octanol–water partition coefficient (Wildman–Crippen LogP) is 3.37. The fourth-order valence-corrected chi connectivity index (χ4v) is 2.18. The maximum Gasteiger partial charge on any atom is 0.156 e. The van der Waals surface area contributed by atoms with Crippen LogP contribution in [0.1, 0.15) is 39.1 Å². The number of aryl methyl sites for hydroxylation is 1. The number of imidazole rings is 1. The van der Waals surface area contributed by atoms with Gasteiger partial charge < -0.3 is 5.32 Å². The Hall–Kier alpha value is -1.39. The third-order valence-electron chi connectivity index (χ3n) is 2.96. The molecule has 0 aliphatic heterocycles. The summed E-state index contributed by atoms with van der Waals surface area (Å²) in [4.78, 5) is 8.78. The van der Waals surface area contributed by atoms with E-state index < -0.39 is 0 Å². The van der Waals surface area contributed by atoms with Crippen LogP contribution in [-0.2, 0) is 13.0 Å². The summed E-state index contributed by atoms with van der Waals surface area (Å²) < 4.78 is 1.93. The van der Waals surface area contributed by atoms with Crippen LogP contribution in [0.25, 0.3) is 5.82 Å². The number of rotatable bonds is 4. The summed E-state index contributed by atoms with van der Waals surface area (Å²) in [6.45, 7) is 9.22. The molecule has 108 valence electrons. The highest BCUT2D eigenvalue weighted by atomic mass is 35.5. The molecule has 2 heterocycles. The van der Waals surface area contributed by atoms with Gasteiger partial charge in [0.15, 0.2) is 5.82 Å². The topological polar surface area (TPSA) is 42.7 Å². The Morgan fingerprint density at radius 2 is 2.05 bits per heavy atom. The molecule has 2 aromatic rings. The minimum absolute atomic E-state index is 0.0743. The van der Waals surface area contributed by atoms with E-state index in [0.717, 1.165) is 30.2 Å². The third kappa shape index (κ3) is 3.58. The molecule has 0 aliphatic carbocycles. The highest BCUT2D eigenvalue weighted by Crippen LogP contribution is 2.21. The number of halogens is 1. The lowest BCUT2D eigenvalue weighted by atomic mass is 10.1. The molecule has 20 heavy (non-hydrogen) atoms. The van der Waals surface area contributed by atoms with Crippen LogP contribution in [0.2, 0.25) is 5.02 Å². The fraction of sp³-hybridized carbons (Fsp3) is 0.467. The first-order valence-electron chi connectivity index (χ1n) is 6.83. The van der Waals surface area contributed by atoms with Crippen LogP contribution in [0.4, 0.5) is 0 Å². The standard InChI is InChI=1S/C15H21ClN4/c1-5-13-17-6-7-20(13)14-12(16)8-11(9-18-14)10-19-15(2,3)4/h6-9,19H,5,10H2,1-4H3. The SMILES string of the molecule is CCc1nccn1-c1ncc(CNC(C)(C)C)cc1Cl. The second-order valence-corrected chi connectivity index (χ2v) is 6.23. The Labute approximate surface area is 125 Å². The van der Waals surface area contributed by atoms with Crippen LogP contribution in [0.15, 0.2) is 24.7 Å². The van der Waals surface area contributed by atoms with Crippen molar-refractivity contribution in [3.8, 4) is 5.82 Å². The summed E-state index contributed by atoms with van der Waals surface area (Å²) in [5.74, 6) is 1.69. The molecule has 0 amide bonds. The van der Waals surface area contributed by atoms with Crippen LogP contribution >= 0.6 is 11.6 Å². The van der Waals surface area contributed by atoms with Crippen molar-refractivity contribution >= 4 is 11.6 Å². The second-order valence-electron chi connectivity index (χ2n) is 5.82. The van der Waals surface area contributed by atoms with E-state index in [1.54, 1.807) is 6.20 Å². The predicted molar refractivity (Wildman–Crippen MR) is 82.3 cm³/mol. The molecule has 0 bridgehead atoms. The molecule has 5 heteroatoms. The molecule has 0 aliphatic rings. The number of aromatic nitrogens is 3. The van der Waals surface area contributed by atoms with Crippen molar-refractivity contribution in [1.82, 2.24) is 19.9 Å². The van der Waals surface area contributed by atoms with Gasteiger partial charge in [0.25, 0.3) is 0 Å². The van der Waals surface area contributed by atoms with Crippen molar-refractivity contribution in [1.29, 1.82) is 0 Å². The molecule has 4 nitrogen and oxygen atoms in total. The molecule has 0 saturated carbocycles. The monoisotopic (exact) mass is 292 g/mol. The Balaban J connectivity index is 2.22. The van der Waals surface area contributed by atoms with Crippen LogP contribution in [0.5, 0.6) is 0 Å². The van der Waals surface area contributed by atoms with E-state index in [1.165, 1.54) is 0 Å². The number of hydrogen-bond acceptors (Lipinski definition) is 3. The van der Waals surface area contributed by atoms with E-state index in [9.17, 15) is 0 Å². The molecule has 0 radical (unpaired) electrons. The lowest BCUT2D eigenvalue weighted by Gasteiger charge is -2.20. The molecule has 0 spiro atoms. The number of pyridine rings is 1. The van der Waals surface area contributed by atoms with E-state index in [4.69, 9.17) is 11.6 Å². The van der Waals surface area contributed by atoms with Gasteiger partial charge in [0.05, 0.1) is 5.02 Å². The maximum atomic E-state index is 6.36. The summed E-state index contributed by atoms with van der Waals surface area (Å²) in [6.07, 6.45) is 6.36. The summed E-state index contributed by atoms with van der Waals surface area (Å²) in [5.41, 5.74) is 1.15. The van der Waals surface area contributed by atoms with Gasteiger partial charge in [-0.15, -0.1) is 0 Å². The van der Waals surface area contributed by atoms with E-state index in [1.807, 2.05) is 23.0 Å². The Kier molecular flexibility index (Phi) is 4.45. The fourth-order valence-electron chi connectivity index (χ4n) is 1.90. The summed E-state index contributed by atoms with van der Waals surface area (Å²) in [6, 6.07) is 1.96. The summed E-state index contributed by atoms with van der Waals surface area (Å²) in [7, 11) is 0. The highest BCUT2D eigenvalue weighted by Gasteiger charge is 2.12. The molecule has 0 fully saturated rings. The number of hydrogen-bond donors (Lipinski definition) is 1. The highest BCUT2D eigenvalue weighted by molar-refractivity contribution is 6.32. The molecule has 2 aromatic heterocycles. The first-order valence-corrected chi connectivity index (χ1v) is 7.20. The van der Waals surface area contributed by atoms with Crippen LogP contribution in [0.3, 0.4) is 0 Å². The second kappa shape index (κ2) is 5.94. The molecule has 0 saturated heterocycles. The molecule has 0 unspecified atom stereocenters. The lowest BCUT2D eigenvalue weighted by molar-refractivity contribution is 0.424. The van der Waals surface area contributed by atoms with Gasteiger partial charge in [0.2, 0.25) is 0 Å². The number of nitrogens with zero attached hydrogens (tertiary/aromatic N) is 3. The zero-order chi connectivity index (χ0) is 14.8. The smallest absolute Gasteiger partial charge is 0.156 e. The van der Waals surface area contributed by atoms with Crippen molar-refractivity contribution in [3.63, 3.8) is 0 Å². The Morgan fingerprint density at radius 1 is 1.30 bits per heavy atom. The molecule has 0 aromatic carbocycles.